The minimum Gasteiger partial charge on any atom is -0.506 e. The number of carboxylic acids is 1. The van der Waals surface area contributed by atoms with Crippen LogP contribution in [0.15, 0.2) is 30.5 Å². The summed E-state index contributed by atoms with van der Waals surface area (Å²) in [6, 6.07) is 7.36. The Kier molecular flexibility index (Phi) is 2.33. The number of aryl methyl sites for hydroxylation is 1. The number of benzene rings is 1. The molecule has 0 amide bonds. The molecule has 0 atom stereocenters. The van der Waals surface area contributed by atoms with Crippen LogP contribution in [0.1, 0.15) is 6.42 Å². The Balaban J connectivity index is 2.39. The van der Waals surface area contributed by atoms with E-state index < -0.39 is 5.97 Å². The fraction of sp³-hybridized carbons (Fsp3) is 0.182. The van der Waals surface area contributed by atoms with E-state index >= 15 is 0 Å². The molecule has 0 aliphatic rings. The normalized spacial score (nSPS) is 10.7. The van der Waals surface area contributed by atoms with Gasteiger partial charge in [0.15, 0.2) is 0 Å². The van der Waals surface area contributed by atoms with Crippen LogP contribution < -0.4 is 0 Å². The summed E-state index contributed by atoms with van der Waals surface area (Å²) in [7, 11) is 0. The van der Waals surface area contributed by atoms with E-state index in [9.17, 15) is 9.90 Å². The molecular formula is C11H11NO3. The zero-order valence-corrected chi connectivity index (χ0v) is 8.05. The number of carbonyl (C=O) groups is 1. The predicted octanol–water partition coefficient (Wildman–Crippen LogP) is 1.82. The summed E-state index contributed by atoms with van der Waals surface area (Å²) in [4.78, 5) is 10.4. The van der Waals surface area contributed by atoms with Crippen LogP contribution in [-0.2, 0) is 11.3 Å². The van der Waals surface area contributed by atoms with Crippen molar-refractivity contribution in [2.45, 2.75) is 13.0 Å². The van der Waals surface area contributed by atoms with Crippen molar-refractivity contribution >= 4 is 16.9 Å². The van der Waals surface area contributed by atoms with Gasteiger partial charge in [-0.3, -0.25) is 4.79 Å². The van der Waals surface area contributed by atoms with Gasteiger partial charge in [-0.05, 0) is 12.1 Å². The molecule has 78 valence electrons. The molecule has 2 rings (SSSR count). The third-order valence-electron chi connectivity index (χ3n) is 2.33. The molecule has 0 saturated heterocycles. The maximum Gasteiger partial charge on any atom is 0.305 e. The molecule has 0 bridgehead atoms. The van der Waals surface area contributed by atoms with Crippen LogP contribution in [0.3, 0.4) is 0 Å². The third kappa shape index (κ3) is 1.79. The summed E-state index contributed by atoms with van der Waals surface area (Å²) >= 11 is 0. The van der Waals surface area contributed by atoms with Crippen molar-refractivity contribution in [3.05, 3.63) is 30.5 Å². The second-order valence-corrected chi connectivity index (χ2v) is 3.37. The van der Waals surface area contributed by atoms with Crippen LogP contribution in [-0.4, -0.2) is 20.7 Å². The van der Waals surface area contributed by atoms with Crippen LogP contribution in [0.25, 0.3) is 10.9 Å². The molecule has 0 aliphatic heterocycles. The van der Waals surface area contributed by atoms with Crippen molar-refractivity contribution in [2.75, 3.05) is 0 Å². The van der Waals surface area contributed by atoms with Crippen LogP contribution in [0.5, 0.6) is 5.75 Å². The van der Waals surface area contributed by atoms with Gasteiger partial charge < -0.3 is 14.8 Å². The van der Waals surface area contributed by atoms with Gasteiger partial charge in [0.2, 0.25) is 0 Å². The van der Waals surface area contributed by atoms with Crippen molar-refractivity contribution in [2.24, 2.45) is 0 Å². The average Bonchev–Trinajstić information content (AvgIpc) is 2.54. The molecule has 0 spiro atoms. The Labute approximate surface area is 86.4 Å². The quantitative estimate of drug-likeness (QED) is 0.803. The fourth-order valence-electron chi connectivity index (χ4n) is 1.63. The summed E-state index contributed by atoms with van der Waals surface area (Å²) in [6.45, 7) is 0.371. The minimum atomic E-state index is -0.840. The first-order valence-corrected chi connectivity index (χ1v) is 4.67. The molecule has 2 aromatic rings. The lowest BCUT2D eigenvalue weighted by Crippen LogP contribution is -2.02. The van der Waals surface area contributed by atoms with Crippen LogP contribution >= 0.6 is 0 Å². The molecule has 0 unspecified atom stereocenters. The highest BCUT2D eigenvalue weighted by molar-refractivity contribution is 5.86. The van der Waals surface area contributed by atoms with Crippen molar-refractivity contribution in [1.82, 2.24) is 4.57 Å². The predicted molar refractivity (Wildman–Crippen MR) is 55.9 cm³/mol. The Morgan fingerprint density at radius 1 is 1.33 bits per heavy atom. The lowest BCUT2D eigenvalue weighted by molar-refractivity contribution is -0.137. The van der Waals surface area contributed by atoms with Crippen LogP contribution in [0.2, 0.25) is 0 Å². The number of nitrogens with zero attached hydrogens (tertiary/aromatic N) is 1. The lowest BCUT2D eigenvalue weighted by Gasteiger charge is -2.01. The van der Waals surface area contributed by atoms with Gasteiger partial charge in [-0.25, -0.2) is 0 Å². The maximum absolute atomic E-state index is 10.4. The van der Waals surface area contributed by atoms with Crippen molar-refractivity contribution in [3.63, 3.8) is 0 Å². The van der Waals surface area contributed by atoms with Gasteiger partial charge in [-0.1, -0.05) is 12.1 Å². The zero-order valence-electron chi connectivity index (χ0n) is 8.05. The van der Waals surface area contributed by atoms with Gasteiger partial charge >= 0.3 is 5.97 Å². The smallest absolute Gasteiger partial charge is 0.305 e. The van der Waals surface area contributed by atoms with E-state index in [0.29, 0.717) is 6.54 Å². The molecular weight excluding hydrogens is 194 g/mol. The van der Waals surface area contributed by atoms with E-state index in [4.69, 9.17) is 5.11 Å². The van der Waals surface area contributed by atoms with E-state index in [1.165, 1.54) is 0 Å². The number of hydrogen-bond acceptors (Lipinski definition) is 2. The number of fused-ring (bicyclic) bond motifs is 1. The number of hydrogen-bond donors (Lipinski definition) is 2. The Bertz CT molecular complexity index is 502. The first kappa shape index (κ1) is 9.58. The molecule has 1 aromatic heterocycles. The molecule has 0 saturated carbocycles. The van der Waals surface area contributed by atoms with Gasteiger partial charge in [0.1, 0.15) is 5.75 Å². The SMILES string of the molecule is O=C(O)CCn1cc(O)c2ccccc21. The summed E-state index contributed by atoms with van der Waals surface area (Å²) in [5, 5.41) is 18.9. The Hall–Kier alpha value is -1.97. The molecule has 15 heavy (non-hydrogen) atoms. The molecule has 4 nitrogen and oxygen atoms in total. The van der Waals surface area contributed by atoms with E-state index in [1.807, 2.05) is 24.3 Å². The van der Waals surface area contributed by atoms with Crippen LogP contribution in [0.4, 0.5) is 0 Å². The molecule has 4 heteroatoms. The number of aromatic nitrogens is 1. The van der Waals surface area contributed by atoms with Crippen molar-refractivity contribution in [1.29, 1.82) is 0 Å². The highest BCUT2D eigenvalue weighted by Crippen LogP contribution is 2.26. The average molecular weight is 205 g/mol. The Morgan fingerprint density at radius 2 is 2.07 bits per heavy atom. The topological polar surface area (TPSA) is 62.5 Å². The second-order valence-electron chi connectivity index (χ2n) is 3.37. The van der Waals surface area contributed by atoms with E-state index in [2.05, 4.69) is 0 Å². The van der Waals surface area contributed by atoms with E-state index in [0.717, 1.165) is 10.9 Å². The van der Waals surface area contributed by atoms with E-state index in [-0.39, 0.29) is 12.2 Å². The highest BCUT2D eigenvalue weighted by atomic mass is 16.4. The summed E-state index contributed by atoms with van der Waals surface area (Å²) in [6.07, 6.45) is 1.62. The molecule has 1 heterocycles. The van der Waals surface area contributed by atoms with Crippen molar-refractivity contribution < 1.29 is 15.0 Å². The largest absolute Gasteiger partial charge is 0.506 e. The van der Waals surface area contributed by atoms with E-state index in [1.54, 1.807) is 10.8 Å². The highest BCUT2D eigenvalue weighted by Gasteiger charge is 2.07. The van der Waals surface area contributed by atoms with Gasteiger partial charge in [0, 0.05) is 18.1 Å². The second kappa shape index (κ2) is 3.65. The standard InChI is InChI=1S/C11H11NO3/c13-10-7-12(6-5-11(14)15)9-4-2-1-3-8(9)10/h1-4,7,13H,5-6H2,(H,14,15). The maximum atomic E-state index is 10.4. The molecule has 0 aliphatic carbocycles. The Morgan fingerprint density at radius 3 is 2.80 bits per heavy atom. The number of aromatic hydroxyl groups is 1. The van der Waals surface area contributed by atoms with Crippen molar-refractivity contribution in [3.8, 4) is 5.75 Å². The van der Waals surface area contributed by atoms with Gasteiger partial charge in [-0.2, -0.15) is 0 Å². The minimum absolute atomic E-state index is 0.0537. The monoisotopic (exact) mass is 205 g/mol. The third-order valence-corrected chi connectivity index (χ3v) is 2.33. The first-order valence-electron chi connectivity index (χ1n) is 4.67. The fourth-order valence-corrected chi connectivity index (χ4v) is 1.63. The first-order chi connectivity index (χ1) is 7.18. The zero-order chi connectivity index (χ0) is 10.8. The molecule has 1 aromatic carbocycles. The summed E-state index contributed by atoms with van der Waals surface area (Å²) in [5.74, 6) is -0.650. The molecule has 0 fully saturated rings. The lowest BCUT2D eigenvalue weighted by atomic mass is 10.2. The number of aliphatic carboxylic acids is 1. The number of carboxylic acid groups (broad SMARTS) is 1. The van der Waals surface area contributed by atoms with Gasteiger partial charge in [-0.15, -0.1) is 0 Å². The van der Waals surface area contributed by atoms with Gasteiger partial charge in [0.25, 0.3) is 0 Å². The molecule has 0 radical (unpaired) electrons. The summed E-state index contributed by atoms with van der Waals surface area (Å²) in [5.41, 5.74) is 0.858. The van der Waals surface area contributed by atoms with Gasteiger partial charge in [0.05, 0.1) is 11.9 Å². The van der Waals surface area contributed by atoms with Crippen LogP contribution in [0, 0.1) is 0 Å². The number of para-hydroxylation sites is 1. The molecule has 2 N–H and O–H groups in total. The number of rotatable bonds is 3. The summed E-state index contributed by atoms with van der Waals surface area (Å²) < 4.78 is 1.75.